The van der Waals surface area contributed by atoms with Crippen molar-refractivity contribution < 1.29 is 14.6 Å². The third-order valence-corrected chi connectivity index (χ3v) is 4.48. The fourth-order valence-electron chi connectivity index (χ4n) is 3.05. The maximum absolute atomic E-state index is 12.6. The first kappa shape index (κ1) is 17.6. The molecule has 2 N–H and O–H groups in total. The number of aliphatic hydroxyl groups is 1. The molecule has 0 spiro atoms. The number of aryl methyl sites for hydroxylation is 1. The molecule has 2 atom stereocenters. The van der Waals surface area contributed by atoms with Crippen LogP contribution < -0.4 is 10.1 Å². The number of ether oxygens (including phenoxy) is 1. The fourth-order valence-corrected chi connectivity index (χ4v) is 3.05. The van der Waals surface area contributed by atoms with Crippen LogP contribution >= 0.6 is 0 Å². The zero-order chi connectivity index (χ0) is 16.8. The Labute approximate surface area is 138 Å². The van der Waals surface area contributed by atoms with Crippen LogP contribution in [-0.4, -0.2) is 41.8 Å². The molecule has 2 amide bonds. The van der Waals surface area contributed by atoms with Crippen molar-refractivity contribution in [3.63, 3.8) is 0 Å². The van der Waals surface area contributed by atoms with Crippen LogP contribution in [0.25, 0.3) is 0 Å². The van der Waals surface area contributed by atoms with Gasteiger partial charge in [0.05, 0.1) is 19.3 Å². The van der Waals surface area contributed by atoms with E-state index in [0.29, 0.717) is 19.1 Å². The highest BCUT2D eigenvalue weighted by Gasteiger charge is 2.31. The molecule has 0 saturated carbocycles. The molecule has 0 aromatic heterocycles. The van der Waals surface area contributed by atoms with Crippen LogP contribution in [0.1, 0.15) is 38.7 Å². The summed E-state index contributed by atoms with van der Waals surface area (Å²) in [6.45, 7) is 7.51. The van der Waals surface area contributed by atoms with E-state index in [1.54, 1.807) is 4.90 Å². The van der Waals surface area contributed by atoms with E-state index < -0.39 is 0 Å². The summed E-state index contributed by atoms with van der Waals surface area (Å²) < 4.78 is 5.60. The van der Waals surface area contributed by atoms with E-state index in [2.05, 4.69) is 19.2 Å². The van der Waals surface area contributed by atoms with Gasteiger partial charge in [0.15, 0.2) is 0 Å². The normalized spacial score (nSPS) is 21.1. The molecule has 1 aliphatic rings. The quantitative estimate of drug-likeness (QED) is 0.874. The first-order valence-corrected chi connectivity index (χ1v) is 8.48. The van der Waals surface area contributed by atoms with E-state index in [1.807, 2.05) is 25.1 Å². The molecule has 1 fully saturated rings. The van der Waals surface area contributed by atoms with Crippen LogP contribution in [0.4, 0.5) is 10.5 Å². The molecule has 1 heterocycles. The first-order valence-electron chi connectivity index (χ1n) is 8.48. The second-order valence-electron chi connectivity index (χ2n) is 6.32. The molecule has 23 heavy (non-hydrogen) atoms. The Hall–Kier alpha value is -1.75. The Morgan fingerprint density at radius 2 is 2.26 bits per heavy atom. The minimum atomic E-state index is -0.138. The number of anilines is 1. The highest BCUT2D eigenvalue weighted by Crippen LogP contribution is 2.26. The van der Waals surface area contributed by atoms with E-state index in [0.717, 1.165) is 36.3 Å². The van der Waals surface area contributed by atoms with Crippen molar-refractivity contribution in [3.05, 3.63) is 23.8 Å². The molecular weight excluding hydrogens is 292 g/mol. The Morgan fingerprint density at radius 1 is 1.48 bits per heavy atom. The van der Waals surface area contributed by atoms with Gasteiger partial charge in [0.2, 0.25) is 0 Å². The van der Waals surface area contributed by atoms with Gasteiger partial charge in [-0.1, -0.05) is 13.8 Å². The van der Waals surface area contributed by atoms with Crippen LogP contribution in [-0.2, 0) is 0 Å². The number of rotatable bonds is 5. The number of nitrogens with one attached hydrogen (secondary N) is 1. The summed E-state index contributed by atoms with van der Waals surface area (Å²) in [5, 5.41) is 12.6. The molecule has 128 valence electrons. The zero-order valence-corrected chi connectivity index (χ0v) is 14.3. The molecule has 0 bridgehead atoms. The highest BCUT2D eigenvalue weighted by molar-refractivity contribution is 5.90. The number of carbonyl (C=O) groups is 1. The lowest BCUT2D eigenvalue weighted by Crippen LogP contribution is -2.51. The molecule has 2 rings (SSSR count). The Kier molecular flexibility index (Phi) is 6.28. The number of nitrogens with zero attached hydrogens (tertiary/aromatic N) is 1. The molecule has 0 radical (unpaired) electrons. The van der Waals surface area contributed by atoms with Gasteiger partial charge < -0.3 is 20.1 Å². The number of piperidine rings is 1. The maximum atomic E-state index is 12.6. The molecule has 1 aliphatic heterocycles. The van der Waals surface area contributed by atoms with Gasteiger partial charge in [0.25, 0.3) is 0 Å². The van der Waals surface area contributed by atoms with E-state index in [1.165, 1.54) is 0 Å². The summed E-state index contributed by atoms with van der Waals surface area (Å²) in [5.74, 6) is 1.15. The summed E-state index contributed by atoms with van der Waals surface area (Å²) in [5.41, 5.74) is 1.76. The standard InChI is InChI=1S/C18H28N2O3/c1-4-10-23-15-7-8-16(14(3)11-15)19-18(22)20-9-5-6-13(2)17(20)12-21/h7-8,11,13,17,21H,4-6,9-10,12H2,1-3H3,(H,19,22). The number of hydrogen-bond donors (Lipinski definition) is 2. The molecule has 5 nitrogen and oxygen atoms in total. The van der Waals surface area contributed by atoms with Gasteiger partial charge in [-0.25, -0.2) is 4.79 Å². The third-order valence-electron chi connectivity index (χ3n) is 4.48. The lowest BCUT2D eigenvalue weighted by atomic mass is 9.91. The summed E-state index contributed by atoms with van der Waals surface area (Å²) in [6, 6.07) is 5.45. The summed E-state index contributed by atoms with van der Waals surface area (Å²) in [7, 11) is 0. The van der Waals surface area contributed by atoms with Gasteiger partial charge in [-0.3, -0.25) is 0 Å². The van der Waals surface area contributed by atoms with Crippen molar-refractivity contribution in [2.75, 3.05) is 25.1 Å². The largest absolute Gasteiger partial charge is 0.494 e. The average Bonchev–Trinajstić information content (AvgIpc) is 2.54. The minimum Gasteiger partial charge on any atom is -0.494 e. The monoisotopic (exact) mass is 320 g/mol. The van der Waals surface area contributed by atoms with Crippen molar-refractivity contribution in [1.82, 2.24) is 4.90 Å². The molecule has 0 aliphatic carbocycles. The molecule has 5 heteroatoms. The van der Waals surface area contributed by atoms with E-state index in [4.69, 9.17) is 4.74 Å². The highest BCUT2D eigenvalue weighted by atomic mass is 16.5. The Morgan fingerprint density at radius 3 is 2.91 bits per heavy atom. The molecular formula is C18H28N2O3. The molecule has 2 unspecified atom stereocenters. The number of urea groups is 1. The van der Waals surface area contributed by atoms with Crippen molar-refractivity contribution in [2.24, 2.45) is 5.92 Å². The number of aliphatic hydroxyl groups excluding tert-OH is 1. The van der Waals surface area contributed by atoms with E-state index in [-0.39, 0.29) is 18.7 Å². The lowest BCUT2D eigenvalue weighted by Gasteiger charge is -2.39. The van der Waals surface area contributed by atoms with E-state index in [9.17, 15) is 9.90 Å². The first-order chi connectivity index (χ1) is 11.1. The van der Waals surface area contributed by atoms with Crippen molar-refractivity contribution >= 4 is 11.7 Å². The van der Waals surface area contributed by atoms with Gasteiger partial charge in [-0.15, -0.1) is 0 Å². The number of amides is 2. The fraction of sp³-hybridized carbons (Fsp3) is 0.611. The maximum Gasteiger partial charge on any atom is 0.322 e. The average molecular weight is 320 g/mol. The topological polar surface area (TPSA) is 61.8 Å². The summed E-state index contributed by atoms with van der Waals surface area (Å²) >= 11 is 0. The molecule has 1 saturated heterocycles. The SMILES string of the molecule is CCCOc1ccc(NC(=O)N2CCCC(C)C2CO)c(C)c1. The van der Waals surface area contributed by atoms with Crippen LogP contribution in [0.2, 0.25) is 0 Å². The van der Waals surface area contributed by atoms with Crippen molar-refractivity contribution in [3.8, 4) is 5.75 Å². The second kappa shape index (κ2) is 8.20. The van der Waals surface area contributed by atoms with Gasteiger partial charge in [0, 0.05) is 12.2 Å². The van der Waals surface area contributed by atoms with Gasteiger partial charge >= 0.3 is 6.03 Å². The Bertz CT molecular complexity index is 533. The van der Waals surface area contributed by atoms with Gasteiger partial charge in [0.1, 0.15) is 5.75 Å². The number of likely N-dealkylation sites (tertiary alicyclic amines) is 1. The van der Waals surface area contributed by atoms with Crippen LogP contribution in [0.5, 0.6) is 5.75 Å². The number of benzene rings is 1. The predicted molar refractivity (Wildman–Crippen MR) is 92.0 cm³/mol. The van der Waals surface area contributed by atoms with Crippen LogP contribution in [0.3, 0.4) is 0 Å². The van der Waals surface area contributed by atoms with Gasteiger partial charge in [-0.2, -0.15) is 0 Å². The lowest BCUT2D eigenvalue weighted by molar-refractivity contribution is 0.0811. The van der Waals surface area contributed by atoms with Crippen molar-refractivity contribution in [2.45, 2.75) is 46.1 Å². The van der Waals surface area contributed by atoms with Crippen LogP contribution in [0, 0.1) is 12.8 Å². The predicted octanol–water partition coefficient (Wildman–Crippen LogP) is 3.41. The minimum absolute atomic E-state index is 0.0113. The van der Waals surface area contributed by atoms with Crippen molar-refractivity contribution in [1.29, 1.82) is 0 Å². The second-order valence-corrected chi connectivity index (χ2v) is 6.32. The third kappa shape index (κ3) is 4.38. The van der Waals surface area contributed by atoms with Crippen LogP contribution in [0.15, 0.2) is 18.2 Å². The summed E-state index contributed by atoms with van der Waals surface area (Å²) in [6.07, 6.45) is 3.00. The molecule has 1 aromatic carbocycles. The smallest absolute Gasteiger partial charge is 0.322 e. The molecule has 1 aromatic rings. The van der Waals surface area contributed by atoms with E-state index >= 15 is 0 Å². The summed E-state index contributed by atoms with van der Waals surface area (Å²) in [4.78, 5) is 14.3. The Balaban J connectivity index is 2.04. The van der Waals surface area contributed by atoms with Gasteiger partial charge in [-0.05, 0) is 55.9 Å². The number of carbonyl (C=O) groups excluding carboxylic acids is 1. The zero-order valence-electron chi connectivity index (χ0n) is 14.3. The number of hydrogen-bond acceptors (Lipinski definition) is 3.